The maximum atomic E-state index is 13.4. The van der Waals surface area contributed by atoms with Crippen molar-refractivity contribution in [3.05, 3.63) is 64.5 Å². The van der Waals surface area contributed by atoms with Crippen molar-refractivity contribution in [2.75, 3.05) is 0 Å². The lowest BCUT2D eigenvalue weighted by Gasteiger charge is -2.13. The number of aliphatic hydroxyl groups is 1. The van der Waals surface area contributed by atoms with Gasteiger partial charge in [0.05, 0.1) is 0 Å². The zero-order valence-electron chi connectivity index (χ0n) is 11.6. The van der Waals surface area contributed by atoms with E-state index < -0.39 is 6.10 Å². The number of aliphatic hydroxyl groups excluding tert-OH is 1. The van der Waals surface area contributed by atoms with Gasteiger partial charge in [-0.15, -0.1) is 0 Å². The van der Waals surface area contributed by atoms with Gasteiger partial charge in [0.15, 0.2) is 0 Å². The molecule has 2 atom stereocenters. The second-order valence-corrected chi connectivity index (χ2v) is 5.46. The van der Waals surface area contributed by atoms with Crippen molar-refractivity contribution in [2.45, 2.75) is 32.5 Å². The Bertz CT molecular complexity index is 631. The summed E-state index contributed by atoms with van der Waals surface area (Å²) < 4.78 is 19.1. The smallest absolute Gasteiger partial charge is 0.123 e. The Morgan fingerprint density at radius 3 is 2.75 bits per heavy atom. The molecule has 1 heterocycles. The van der Waals surface area contributed by atoms with Crippen molar-refractivity contribution in [3.8, 4) is 5.75 Å². The van der Waals surface area contributed by atoms with Gasteiger partial charge in [-0.3, -0.25) is 0 Å². The van der Waals surface area contributed by atoms with Gasteiger partial charge in [0.1, 0.15) is 23.8 Å². The molecule has 3 rings (SSSR count). The van der Waals surface area contributed by atoms with Crippen LogP contribution < -0.4 is 4.74 Å². The van der Waals surface area contributed by atoms with Crippen molar-refractivity contribution < 1.29 is 14.2 Å². The molecule has 0 saturated heterocycles. The molecular formula is C17H17FO2. The molecule has 2 aromatic carbocycles. The largest absolute Gasteiger partial charge is 0.490 e. The fourth-order valence-electron chi connectivity index (χ4n) is 2.73. The van der Waals surface area contributed by atoms with Crippen LogP contribution in [0.1, 0.15) is 35.3 Å². The second-order valence-electron chi connectivity index (χ2n) is 5.46. The van der Waals surface area contributed by atoms with Crippen molar-refractivity contribution in [3.63, 3.8) is 0 Å². The van der Waals surface area contributed by atoms with Crippen LogP contribution in [0.4, 0.5) is 4.39 Å². The molecule has 0 fully saturated rings. The Kier molecular flexibility index (Phi) is 3.22. The van der Waals surface area contributed by atoms with Crippen LogP contribution in [-0.4, -0.2) is 11.2 Å². The zero-order valence-corrected chi connectivity index (χ0v) is 11.6. The molecule has 20 heavy (non-hydrogen) atoms. The lowest BCUT2D eigenvalue weighted by Crippen LogP contribution is -2.05. The number of hydrogen-bond donors (Lipinski definition) is 1. The van der Waals surface area contributed by atoms with Gasteiger partial charge >= 0.3 is 0 Å². The Labute approximate surface area is 117 Å². The first-order valence-corrected chi connectivity index (χ1v) is 6.77. The van der Waals surface area contributed by atoms with Crippen LogP contribution in [0.5, 0.6) is 5.75 Å². The highest BCUT2D eigenvalue weighted by Gasteiger charge is 2.21. The van der Waals surface area contributed by atoms with E-state index in [9.17, 15) is 9.50 Å². The number of hydrogen-bond acceptors (Lipinski definition) is 2. The van der Waals surface area contributed by atoms with Crippen molar-refractivity contribution in [2.24, 2.45) is 0 Å². The third kappa shape index (κ3) is 2.41. The van der Waals surface area contributed by atoms with Crippen molar-refractivity contribution in [1.29, 1.82) is 0 Å². The summed E-state index contributed by atoms with van der Waals surface area (Å²) in [5.41, 5.74) is 3.25. The Hall–Kier alpha value is -1.87. The fraction of sp³-hybridized carbons (Fsp3) is 0.294. The number of ether oxygens (including phenoxy) is 1. The highest BCUT2D eigenvalue weighted by Crippen LogP contribution is 2.33. The van der Waals surface area contributed by atoms with E-state index in [0.29, 0.717) is 5.56 Å². The first kappa shape index (κ1) is 13.1. The highest BCUT2D eigenvalue weighted by atomic mass is 19.1. The average molecular weight is 272 g/mol. The summed E-state index contributed by atoms with van der Waals surface area (Å²) in [6.45, 7) is 3.84. The van der Waals surface area contributed by atoms with E-state index in [2.05, 4.69) is 0 Å². The van der Waals surface area contributed by atoms with E-state index in [-0.39, 0.29) is 11.9 Å². The molecule has 0 aliphatic carbocycles. The van der Waals surface area contributed by atoms with Crippen molar-refractivity contribution in [1.82, 2.24) is 0 Å². The standard InChI is InChI=1S/C17H17FO2/c1-10-5-14(9-15(18)6-10)17(19)12-3-4-16-13(8-12)7-11(2)20-16/h3-6,8-9,11,17,19H,7H2,1-2H3. The van der Waals surface area contributed by atoms with Gasteiger partial charge < -0.3 is 9.84 Å². The van der Waals surface area contributed by atoms with Crippen LogP contribution >= 0.6 is 0 Å². The molecule has 1 aliphatic heterocycles. The molecule has 3 heteroatoms. The number of aryl methyl sites for hydroxylation is 1. The predicted octanol–water partition coefficient (Wildman–Crippen LogP) is 3.54. The average Bonchev–Trinajstić information content (AvgIpc) is 2.75. The Morgan fingerprint density at radius 1 is 1.20 bits per heavy atom. The van der Waals surface area contributed by atoms with Crippen LogP contribution in [-0.2, 0) is 6.42 Å². The van der Waals surface area contributed by atoms with Crippen LogP contribution in [0.3, 0.4) is 0 Å². The highest BCUT2D eigenvalue weighted by molar-refractivity contribution is 5.43. The van der Waals surface area contributed by atoms with E-state index in [1.807, 2.05) is 32.0 Å². The van der Waals surface area contributed by atoms with Gasteiger partial charge in [0.2, 0.25) is 0 Å². The molecule has 1 aliphatic rings. The number of fused-ring (bicyclic) bond motifs is 1. The molecule has 0 aromatic heterocycles. The predicted molar refractivity (Wildman–Crippen MR) is 75.4 cm³/mol. The number of benzene rings is 2. The maximum Gasteiger partial charge on any atom is 0.123 e. The summed E-state index contributed by atoms with van der Waals surface area (Å²) in [5, 5.41) is 10.4. The summed E-state index contributed by atoms with van der Waals surface area (Å²) >= 11 is 0. The SMILES string of the molecule is Cc1cc(F)cc(C(O)c2ccc3c(c2)CC(C)O3)c1. The van der Waals surface area contributed by atoms with Gasteiger partial charge in [0, 0.05) is 6.42 Å². The first-order valence-electron chi connectivity index (χ1n) is 6.77. The maximum absolute atomic E-state index is 13.4. The number of rotatable bonds is 2. The normalized spacial score (nSPS) is 18.5. The molecule has 0 amide bonds. The lowest BCUT2D eigenvalue weighted by atomic mass is 9.97. The first-order chi connectivity index (χ1) is 9.52. The molecular weight excluding hydrogens is 255 g/mol. The molecule has 1 N–H and O–H groups in total. The lowest BCUT2D eigenvalue weighted by molar-refractivity contribution is 0.219. The summed E-state index contributed by atoms with van der Waals surface area (Å²) in [5.74, 6) is 0.557. The third-order valence-corrected chi connectivity index (χ3v) is 3.62. The van der Waals surface area contributed by atoms with E-state index in [0.717, 1.165) is 28.9 Å². The van der Waals surface area contributed by atoms with E-state index in [4.69, 9.17) is 4.74 Å². The van der Waals surface area contributed by atoms with E-state index >= 15 is 0 Å². The quantitative estimate of drug-likeness (QED) is 0.906. The van der Waals surface area contributed by atoms with Crippen molar-refractivity contribution >= 4 is 0 Å². The zero-order chi connectivity index (χ0) is 14.3. The molecule has 2 nitrogen and oxygen atoms in total. The molecule has 2 aromatic rings. The van der Waals surface area contributed by atoms with Gasteiger partial charge in [-0.2, -0.15) is 0 Å². The topological polar surface area (TPSA) is 29.5 Å². The summed E-state index contributed by atoms with van der Waals surface area (Å²) in [6, 6.07) is 10.3. The molecule has 2 unspecified atom stereocenters. The van der Waals surface area contributed by atoms with E-state index in [1.165, 1.54) is 12.1 Å². The molecule has 0 saturated carbocycles. The van der Waals surface area contributed by atoms with Gasteiger partial charge in [-0.05, 0) is 60.4 Å². The Morgan fingerprint density at radius 2 is 2.00 bits per heavy atom. The van der Waals surface area contributed by atoms with E-state index in [1.54, 1.807) is 6.07 Å². The molecule has 104 valence electrons. The minimum Gasteiger partial charge on any atom is -0.490 e. The summed E-state index contributed by atoms with van der Waals surface area (Å²) in [4.78, 5) is 0. The summed E-state index contributed by atoms with van der Waals surface area (Å²) in [6.07, 6.45) is 0.206. The number of halogens is 1. The van der Waals surface area contributed by atoms with Gasteiger partial charge in [-0.25, -0.2) is 4.39 Å². The van der Waals surface area contributed by atoms with Crippen LogP contribution in [0.15, 0.2) is 36.4 Å². The van der Waals surface area contributed by atoms with Crippen LogP contribution in [0, 0.1) is 12.7 Å². The monoisotopic (exact) mass is 272 g/mol. The minimum absolute atomic E-state index is 0.175. The Balaban J connectivity index is 1.95. The fourth-order valence-corrected chi connectivity index (χ4v) is 2.73. The molecule has 0 radical (unpaired) electrons. The molecule has 0 bridgehead atoms. The third-order valence-electron chi connectivity index (χ3n) is 3.62. The minimum atomic E-state index is -0.814. The summed E-state index contributed by atoms with van der Waals surface area (Å²) in [7, 11) is 0. The van der Waals surface area contributed by atoms with Gasteiger partial charge in [-0.1, -0.05) is 12.1 Å². The second kappa shape index (κ2) is 4.91. The van der Waals surface area contributed by atoms with Crippen LogP contribution in [0.25, 0.3) is 0 Å². The van der Waals surface area contributed by atoms with Gasteiger partial charge in [0.25, 0.3) is 0 Å². The van der Waals surface area contributed by atoms with Crippen LogP contribution in [0.2, 0.25) is 0 Å². The molecule has 0 spiro atoms.